The first kappa shape index (κ1) is 23.9. The Kier molecular flexibility index (Phi) is 6.01. The minimum atomic E-state index is -4.86. The maximum absolute atomic E-state index is 13.9. The monoisotopic (exact) mass is 485 g/mol. The molecule has 0 fully saturated rings. The van der Waals surface area contributed by atoms with E-state index in [4.69, 9.17) is 5.73 Å². The molecule has 3 N–H and O–H groups in total. The maximum Gasteiger partial charge on any atom is 0.437 e. The van der Waals surface area contributed by atoms with Crippen LogP contribution >= 0.6 is 0 Å². The highest BCUT2D eigenvalue weighted by Gasteiger charge is 2.40. The minimum Gasteiger partial charge on any atom is -0.364 e. The molecule has 0 bridgehead atoms. The van der Waals surface area contributed by atoms with E-state index < -0.39 is 41.2 Å². The first-order chi connectivity index (χ1) is 16.5. The van der Waals surface area contributed by atoms with Crippen molar-refractivity contribution < 1.29 is 27.2 Å². The number of carbonyl (C=O) groups excluding carboxylic acids is 2. The lowest BCUT2D eigenvalue weighted by Gasteiger charge is -2.15. The van der Waals surface area contributed by atoms with Crippen LogP contribution in [0.5, 0.6) is 0 Å². The van der Waals surface area contributed by atoms with E-state index in [-0.39, 0.29) is 27.9 Å². The first-order valence-electron chi connectivity index (χ1n) is 10.4. The number of nitrogens with one attached hydrogen (secondary N) is 1. The van der Waals surface area contributed by atoms with Crippen molar-refractivity contribution in [2.75, 3.05) is 5.32 Å². The van der Waals surface area contributed by atoms with E-state index in [9.17, 15) is 27.2 Å². The van der Waals surface area contributed by atoms with Gasteiger partial charge < -0.3 is 11.1 Å². The summed E-state index contributed by atoms with van der Waals surface area (Å²) in [5.74, 6) is -2.63. The smallest absolute Gasteiger partial charge is 0.364 e. The van der Waals surface area contributed by atoms with Gasteiger partial charge in [-0.05, 0) is 37.6 Å². The van der Waals surface area contributed by atoms with E-state index in [0.717, 1.165) is 23.8 Å². The minimum absolute atomic E-state index is 0.0485. The van der Waals surface area contributed by atoms with Gasteiger partial charge in [-0.1, -0.05) is 30.3 Å². The molecule has 0 saturated carbocycles. The summed E-state index contributed by atoms with van der Waals surface area (Å²) in [6.45, 7) is 3.09. The average molecular weight is 485 g/mol. The molecule has 0 radical (unpaired) electrons. The number of nitrogens with two attached hydrogens (primary N) is 1. The molecular formula is C24H19F4N5O2. The highest BCUT2D eigenvalue weighted by Crippen LogP contribution is 2.38. The second-order valence-corrected chi connectivity index (χ2v) is 7.87. The lowest BCUT2D eigenvalue weighted by atomic mass is 10.1. The van der Waals surface area contributed by atoms with Crippen LogP contribution in [-0.2, 0) is 6.18 Å². The van der Waals surface area contributed by atoms with Crippen molar-refractivity contribution in [1.29, 1.82) is 0 Å². The average Bonchev–Trinajstić information content (AvgIpc) is 3.14. The molecule has 0 saturated heterocycles. The number of alkyl halides is 3. The number of primary amides is 1. The van der Waals surface area contributed by atoms with Crippen molar-refractivity contribution >= 4 is 28.4 Å². The molecule has 0 spiro atoms. The van der Waals surface area contributed by atoms with Gasteiger partial charge in [0.05, 0.1) is 28.5 Å². The number of halogens is 4. The number of benzene rings is 2. The molecule has 7 nitrogen and oxygen atoms in total. The predicted molar refractivity (Wildman–Crippen MR) is 120 cm³/mol. The second kappa shape index (κ2) is 8.82. The van der Waals surface area contributed by atoms with Crippen molar-refractivity contribution in [2.45, 2.75) is 26.1 Å². The summed E-state index contributed by atoms with van der Waals surface area (Å²) >= 11 is 0. The van der Waals surface area contributed by atoms with Crippen LogP contribution in [0.4, 0.5) is 23.2 Å². The number of pyridine rings is 1. The van der Waals surface area contributed by atoms with Gasteiger partial charge in [0, 0.05) is 11.5 Å². The maximum atomic E-state index is 13.9. The van der Waals surface area contributed by atoms with Gasteiger partial charge >= 0.3 is 6.18 Å². The quantitative estimate of drug-likeness (QED) is 0.394. The van der Waals surface area contributed by atoms with E-state index in [2.05, 4.69) is 15.4 Å². The summed E-state index contributed by atoms with van der Waals surface area (Å²) in [4.78, 5) is 28.8. The zero-order valence-corrected chi connectivity index (χ0v) is 18.5. The number of nitrogens with zero attached hydrogens (tertiary/aromatic N) is 3. The molecule has 2 aromatic carbocycles. The topological polar surface area (TPSA) is 103 Å². The van der Waals surface area contributed by atoms with Crippen molar-refractivity contribution in [3.05, 3.63) is 88.6 Å². The Bertz CT molecular complexity index is 1450. The normalized spacial score (nSPS) is 12.5. The Morgan fingerprint density at radius 3 is 2.40 bits per heavy atom. The van der Waals surface area contributed by atoms with Crippen LogP contribution in [0.25, 0.3) is 10.9 Å². The predicted octanol–water partition coefficient (Wildman–Crippen LogP) is 4.86. The van der Waals surface area contributed by atoms with Crippen molar-refractivity contribution in [3.63, 3.8) is 0 Å². The molecule has 0 aliphatic heterocycles. The lowest BCUT2D eigenvalue weighted by molar-refractivity contribution is -0.140. The number of hydrogen-bond acceptors (Lipinski definition) is 4. The summed E-state index contributed by atoms with van der Waals surface area (Å²) in [6.07, 6.45) is -4.86. The van der Waals surface area contributed by atoms with Crippen LogP contribution in [0.2, 0.25) is 0 Å². The molecule has 0 aliphatic rings. The standard InChI is InChI=1S/C24H19F4N5O2/c1-12(14-6-4-3-5-7-14)33-13(2)20(21(32-33)24(26,27)28)31-23(35)17-11-19(22(29)34)30-18-10-15(25)8-9-16(17)18/h3-12H,1-2H3,(H2,29,34)(H,31,35). The Morgan fingerprint density at radius 1 is 1.09 bits per heavy atom. The highest BCUT2D eigenvalue weighted by molar-refractivity contribution is 6.14. The Morgan fingerprint density at radius 2 is 1.77 bits per heavy atom. The molecule has 180 valence electrons. The van der Waals surface area contributed by atoms with Crippen LogP contribution in [0.1, 0.15) is 50.8 Å². The third-order valence-electron chi connectivity index (χ3n) is 5.57. The number of aromatic nitrogens is 3. The molecular weight excluding hydrogens is 466 g/mol. The summed E-state index contributed by atoms with van der Waals surface area (Å²) < 4.78 is 56.6. The van der Waals surface area contributed by atoms with Crippen LogP contribution in [-0.4, -0.2) is 26.6 Å². The van der Waals surface area contributed by atoms with E-state index >= 15 is 0 Å². The van der Waals surface area contributed by atoms with E-state index in [1.54, 1.807) is 37.3 Å². The Balaban J connectivity index is 1.82. The second-order valence-electron chi connectivity index (χ2n) is 7.87. The van der Waals surface area contributed by atoms with Crippen molar-refractivity contribution in [1.82, 2.24) is 14.8 Å². The summed E-state index contributed by atoms with van der Waals surface area (Å²) in [5.41, 5.74) is 3.68. The molecule has 4 rings (SSSR count). The molecule has 2 heterocycles. The largest absolute Gasteiger partial charge is 0.437 e. The molecule has 1 unspecified atom stereocenters. The third-order valence-corrected chi connectivity index (χ3v) is 5.57. The fraction of sp³-hybridized carbons (Fsp3) is 0.167. The van der Waals surface area contributed by atoms with E-state index in [1.165, 1.54) is 17.7 Å². The van der Waals surface area contributed by atoms with Gasteiger partial charge in [0.1, 0.15) is 11.5 Å². The fourth-order valence-corrected chi connectivity index (χ4v) is 3.81. The van der Waals surface area contributed by atoms with Crippen LogP contribution < -0.4 is 11.1 Å². The number of hydrogen-bond donors (Lipinski definition) is 2. The van der Waals surface area contributed by atoms with Gasteiger partial charge in [0.25, 0.3) is 11.8 Å². The number of anilines is 1. The van der Waals surface area contributed by atoms with Gasteiger partial charge in [-0.15, -0.1) is 0 Å². The van der Waals surface area contributed by atoms with Crippen molar-refractivity contribution in [2.24, 2.45) is 5.73 Å². The zero-order chi connectivity index (χ0) is 25.5. The van der Waals surface area contributed by atoms with Crippen LogP contribution in [0.3, 0.4) is 0 Å². The first-order valence-corrected chi connectivity index (χ1v) is 10.4. The Labute approximate surface area is 196 Å². The number of fused-ring (bicyclic) bond motifs is 1. The number of rotatable bonds is 5. The fourth-order valence-electron chi connectivity index (χ4n) is 3.81. The highest BCUT2D eigenvalue weighted by atomic mass is 19.4. The summed E-state index contributed by atoms with van der Waals surface area (Å²) in [6, 6.07) is 12.6. The van der Waals surface area contributed by atoms with Gasteiger partial charge in [0.15, 0.2) is 5.69 Å². The summed E-state index contributed by atoms with van der Waals surface area (Å²) in [5, 5.41) is 6.18. The zero-order valence-electron chi connectivity index (χ0n) is 18.5. The van der Waals surface area contributed by atoms with Gasteiger partial charge in [-0.25, -0.2) is 9.37 Å². The molecule has 4 aromatic rings. The lowest BCUT2D eigenvalue weighted by Crippen LogP contribution is -2.19. The molecule has 0 aliphatic carbocycles. The van der Waals surface area contributed by atoms with Gasteiger partial charge in [0.2, 0.25) is 0 Å². The molecule has 35 heavy (non-hydrogen) atoms. The van der Waals surface area contributed by atoms with Gasteiger partial charge in [-0.2, -0.15) is 18.3 Å². The van der Waals surface area contributed by atoms with E-state index in [1.807, 2.05) is 0 Å². The number of carbonyl (C=O) groups is 2. The summed E-state index contributed by atoms with van der Waals surface area (Å²) in [7, 11) is 0. The SMILES string of the molecule is Cc1c(NC(=O)c2cc(C(N)=O)nc3cc(F)ccc23)c(C(F)(F)F)nn1C(C)c1ccccc1. The molecule has 1 atom stereocenters. The number of amides is 2. The molecule has 2 amide bonds. The van der Waals surface area contributed by atoms with E-state index in [0.29, 0.717) is 0 Å². The Hall–Kier alpha value is -4.28. The third kappa shape index (κ3) is 4.57. The molecule has 2 aromatic heterocycles. The van der Waals surface area contributed by atoms with Crippen LogP contribution in [0.15, 0.2) is 54.6 Å². The van der Waals surface area contributed by atoms with Crippen LogP contribution in [0, 0.1) is 12.7 Å². The van der Waals surface area contributed by atoms with Gasteiger partial charge in [-0.3, -0.25) is 14.3 Å². The van der Waals surface area contributed by atoms with Crippen molar-refractivity contribution in [3.8, 4) is 0 Å². The molecule has 11 heteroatoms.